The van der Waals surface area contributed by atoms with E-state index in [1.54, 1.807) is 31.2 Å². The molecule has 142 valence electrons. The third-order valence-electron chi connectivity index (χ3n) is 3.93. The Morgan fingerprint density at radius 1 is 1.22 bits per heavy atom. The normalized spacial score (nSPS) is 14.7. The molecule has 1 amide bonds. The van der Waals surface area contributed by atoms with Crippen LogP contribution in [0.5, 0.6) is 0 Å². The van der Waals surface area contributed by atoms with E-state index >= 15 is 0 Å². The number of amides is 1. The van der Waals surface area contributed by atoms with Gasteiger partial charge in [0.2, 0.25) is 0 Å². The minimum absolute atomic E-state index is 0.306. The SMILES string of the molecule is CC1=C(C(=O)Nc2ccccc2-c2ccc(Cl)c(C(F)(F)F)c2)SCCO1. The summed E-state index contributed by atoms with van der Waals surface area (Å²) in [6.07, 6.45) is -4.57. The van der Waals surface area contributed by atoms with Gasteiger partial charge < -0.3 is 10.1 Å². The van der Waals surface area contributed by atoms with Crippen molar-refractivity contribution < 1.29 is 22.7 Å². The maximum Gasteiger partial charge on any atom is 0.417 e. The maximum atomic E-state index is 13.2. The van der Waals surface area contributed by atoms with Crippen LogP contribution in [0.15, 0.2) is 53.1 Å². The first-order chi connectivity index (χ1) is 12.8. The fraction of sp³-hybridized carbons (Fsp3) is 0.211. The van der Waals surface area contributed by atoms with Gasteiger partial charge in [-0.15, -0.1) is 11.8 Å². The van der Waals surface area contributed by atoms with E-state index in [-0.39, 0.29) is 10.9 Å². The van der Waals surface area contributed by atoms with Crippen LogP contribution in [0, 0.1) is 0 Å². The van der Waals surface area contributed by atoms with Gasteiger partial charge in [0.05, 0.1) is 17.2 Å². The summed E-state index contributed by atoms with van der Waals surface area (Å²) in [6, 6.07) is 10.4. The summed E-state index contributed by atoms with van der Waals surface area (Å²) >= 11 is 7.08. The van der Waals surface area contributed by atoms with Crippen molar-refractivity contribution in [2.75, 3.05) is 17.7 Å². The molecule has 0 aliphatic carbocycles. The predicted octanol–water partition coefficient (Wildman–Crippen LogP) is 5.96. The van der Waals surface area contributed by atoms with Crippen LogP contribution in [0.2, 0.25) is 5.02 Å². The monoisotopic (exact) mass is 413 g/mol. The Morgan fingerprint density at radius 3 is 2.67 bits per heavy atom. The number of halogens is 4. The molecule has 1 aliphatic heterocycles. The molecule has 0 fully saturated rings. The van der Waals surface area contributed by atoms with Crippen molar-refractivity contribution in [3.8, 4) is 11.1 Å². The number of nitrogens with one attached hydrogen (secondary N) is 1. The highest BCUT2D eigenvalue weighted by Gasteiger charge is 2.33. The van der Waals surface area contributed by atoms with Crippen LogP contribution in [0.25, 0.3) is 11.1 Å². The van der Waals surface area contributed by atoms with Crippen molar-refractivity contribution in [1.82, 2.24) is 0 Å². The van der Waals surface area contributed by atoms with Gasteiger partial charge in [-0.25, -0.2) is 0 Å². The van der Waals surface area contributed by atoms with E-state index in [0.717, 1.165) is 6.07 Å². The molecule has 0 saturated carbocycles. The number of hydrogen-bond acceptors (Lipinski definition) is 3. The molecule has 1 aliphatic rings. The first-order valence-electron chi connectivity index (χ1n) is 8.01. The lowest BCUT2D eigenvalue weighted by Gasteiger charge is -2.19. The van der Waals surface area contributed by atoms with Gasteiger partial charge in [-0.3, -0.25) is 4.79 Å². The smallest absolute Gasteiger partial charge is 0.417 e. The van der Waals surface area contributed by atoms with E-state index in [1.165, 1.54) is 23.9 Å². The molecule has 27 heavy (non-hydrogen) atoms. The Hall–Kier alpha value is -2.12. The third kappa shape index (κ3) is 4.42. The van der Waals surface area contributed by atoms with Gasteiger partial charge in [0.1, 0.15) is 10.7 Å². The molecule has 0 spiro atoms. The van der Waals surface area contributed by atoms with E-state index in [4.69, 9.17) is 16.3 Å². The number of para-hydroxylation sites is 1. The number of allylic oxidation sites excluding steroid dienone is 1. The average Bonchev–Trinajstić information content (AvgIpc) is 2.62. The summed E-state index contributed by atoms with van der Waals surface area (Å²) < 4.78 is 44.9. The Balaban J connectivity index is 1.97. The molecular formula is C19H15ClF3NO2S. The third-order valence-corrected chi connectivity index (χ3v) is 5.39. The van der Waals surface area contributed by atoms with Crippen LogP contribution in [0.4, 0.5) is 18.9 Å². The molecule has 0 bridgehead atoms. The molecule has 1 heterocycles. The van der Waals surface area contributed by atoms with Gasteiger partial charge in [0, 0.05) is 17.0 Å². The summed E-state index contributed by atoms with van der Waals surface area (Å²) in [4.78, 5) is 13.0. The average molecular weight is 414 g/mol. The van der Waals surface area contributed by atoms with Gasteiger partial charge in [0.15, 0.2) is 0 Å². The molecule has 3 rings (SSSR count). The van der Waals surface area contributed by atoms with Crippen molar-refractivity contribution in [1.29, 1.82) is 0 Å². The zero-order chi connectivity index (χ0) is 19.6. The van der Waals surface area contributed by atoms with E-state index in [1.807, 2.05) is 0 Å². The van der Waals surface area contributed by atoms with Gasteiger partial charge in [-0.1, -0.05) is 35.9 Å². The molecule has 0 atom stereocenters. The van der Waals surface area contributed by atoms with E-state index < -0.39 is 11.7 Å². The molecular weight excluding hydrogens is 399 g/mol. The molecule has 3 nitrogen and oxygen atoms in total. The van der Waals surface area contributed by atoms with Gasteiger partial charge in [-0.05, 0) is 30.7 Å². The first-order valence-corrected chi connectivity index (χ1v) is 9.37. The second-order valence-corrected chi connectivity index (χ2v) is 7.29. The Bertz CT molecular complexity index is 912. The van der Waals surface area contributed by atoms with Crippen LogP contribution in [-0.4, -0.2) is 18.3 Å². The van der Waals surface area contributed by atoms with E-state index in [9.17, 15) is 18.0 Å². The van der Waals surface area contributed by atoms with Crippen molar-refractivity contribution in [3.63, 3.8) is 0 Å². The van der Waals surface area contributed by atoms with Crippen LogP contribution < -0.4 is 5.32 Å². The van der Waals surface area contributed by atoms with Crippen molar-refractivity contribution in [2.45, 2.75) is 13.1 Å². The quantitative estimate of drug-likeness (QED) is 0.674. The zero-order valence-electron chi connectivity index (χ0n) is 14.2. The number of alkyl halides is 3. The second kappa shape index (κ2) is 7.86. The predicted molar refractivity (Wildman–Crippen MR) is 102 cm³/mol. The number of rotatable bonds is 3. The number of hydrogen-bond donors (Lipinski definition) is 1. The molecule has 2 aromatic rings. The summed E-state index contributed by atoms with van der Waals surface area (Å²) in [6.45, 7) is 2.25. The zero-order valence-corrected chi connectivity index (χ0v) is 15.8. The number of carbonyl (C=O) groups is 1. The first kappa shape index (κ1) is 19.6. The molecule has 2 aromatic carbocycles. The fourth-order valence-corrected chi connectivity index (χ4v) is 3.70. The van der Waals surface area contributed by atoms with Crippen molar-refractivity contribution in [2.24, 2.45) is 0 Å². The van der Waals surface area contributed by atoms with Crippen LogP contribution >= 0.6 is 23.4 Å². The molecule has 0 radical (unpaired) electrons. The molecule has 0 unspecified atom stereocenters. The standard InChI is InChI=1S/C19H15ClF3NO2S/c1-11-17(27-9-8-26-11)18(25)24-16-5-3-2-4-13(16)12-6-7-15(20)14(10-12)19(21,22)23/h2-7,10H,8-9H2,1H3,(H,24,25). The lowest BCUT2D eigenvalue weighted by atomic mass is 10.0. The molecule has 8 heteroatoms. The fourth-order valence-electron chi connectivity index (χ4n) is 2.66. The lowest BCUT2D eigenvalue weighted by Crippen LogP contribution is -2.18. The highest BCUT2D eigenvalue weighted by molar-refractivity contribution is 8.04. The molecule has 0 saturated heterocycles. The topological polar surface area (TPSA) is 38.3 Å². The molecule has 0 aromatic heterocycles. The largest absolute Gasteiger partial charge is 0.496 e. The Morgan fingerprint density at radius 2 is 1.96 bits per heavy atom. The van der Waals surface area contributed by atoms with E-state index in [2.05, 4.69) is 5.32 Å². The number of anilines is 1. The minimum atomic E-state index is -4.57. The Labute approximate surface area is 163 Å². The van der Waals surface area contributed by atoms with Crippen molar-refractivity contribution in [3.05, 3.63) is 63.7 Å². The lowest BCUT2D eigenvalue weighted by molar-refractivity contribution is -0.137. The summed E-state index contributed by atoms with van der Waals surface area (Å²) in [5, 5.41) is 2.40. The summed E-state index contributed by atoms with van der Waals surface area (Å²) in [7, 11) is 0. The summed E-state index contributed by atoms with van der Waals surface area (Å²) in [5.41, 5.74) is 0.260. The minimum Gasteiger partial charge on any atom is -0.496 e. The van der Waals surface area contributed by atoms with Crippen LogP contribution in [0.1, 0.15) is 12.5 Å². The van der Waals surface area contributed by atoms with Crippen LogP contribution in [-0.2, 0) is 15.7 Å². The van der Waals surface area contributed by atoms with E-state index in [0.29, 0.717) is 39.8 Å². The second-order valence-electron chi connectivity index (χ2n) is 5.77. The molecule has 1 N–H and O–H groups in total. The van der Waals surface area contributed by atoms with Gasteiger partial charge in [0.25, 0.3) is 5.91 Å². The van der Waals surface area contributed by atoms with Gasteiger partial charge >= 0.3 is 6.18 Å². The van der Waals surface area contributed by atoms with Crippen LogP contribution in [0.3, 0.4) is 0 Å². The Kier molecular flexibility index (Phi) is 5.72. The summed E-state index contributed by atoms with van der Waals surface area (Å²) in [5.74, 6) is 0.843. The number of thioether (sulfide) groups is 1. The highest BCUT2D eigenvalue weighted by Crippen LogP contribution is 2.39. The van der Waals surface area contributed by atoms with Crippen molar-refractivity contribution >= 4 is 35.0 Å². The number of ether oxygens (including phenoxy) is 1. The maximum absolute atomic E-state index is 13.2. The number of carbonyl (C=O) groups excluding carboxylic acids is 1. The highest BCUT2D eigenvalue weighted by atomic mass is 35.5. The van der Waals surface area contributed by atoms with Gasteiger partial charge in [-0.2, -0.15) is 13.2 Å². The number of benzene rings is 2.